The maximum atomic E-state index is 3.55. The summed E-state index contributed by atoms with van der Waals surface area (Å²) in [5.74, 6) is 1.67. The van der Waals surface area contributed by atoms with Gasteiger partial charge in [-0.2, -0.15) is 0 Å². The molecule has 1 aromatic rings. The molecule has 2 heterocycles. The zero-order valence-corrected chi connectivity index (χ0v) is 18.6. The highest BCUT2D eigenvalue weighted by Crippen LogP contribution is 2.63. The molecule has 0 amide bonds. The average Bonchev–Trinajstić information content (AvgIpc) is 3.17. The number of nitrogens with one attached hydrogen (secondary N) is 1. The fourth-order valence-electron chi connectivity index (χ4n) is 5.98. The van der Waals surface area contributed by atoms with E-state index >= 15 is 0 Å². The lowest BCUT2D eigenvalue weighted by molar-refractivity contribution is 0.344. The summed E-state index contributed by atoms with van der Waals surface area (Å²) >= 11 is 2.23. The van der Waals surface area contributed by atoms with Crippen LogP contribution < -0.4 is 5.32 Å². The fraction of sp³-hybridized carbons (Fsp3) is 0.636. The van der Waals surface area contributed by atoms with Gasteiger partial charge in [0.1, 0.15) is 8.24 Å². The third-order valence-corrected chi connectivity index (χ3v) is 13.5. The Kier molecular flexibility index (Phi) is 5.39. The van der Waals surface area contributed by atoms with Crippen molar-refractivity contribution in [3.8, 4) is 0 Å². The van der Waals surface area contributed by atoms with Gasteiger partial charge in [-0.25, -0.2) is 0 Å². The van der Waals surface area contributed by atoms with Crippen molar-refractivity contribution in [1.29, 1.82) is 0 Å². The number of benzene rings is 1. The van der Waals surface area contributed by atoms with Gasteiger partial charge in [0.2, 0.25) is 0 Å². The molecular weight excluding hydrogens is 352 g/mol. The SMILES string of the molecule is CCC1CC2C(c3ccccc3)=C(C)SC2C1[Si](C)(C)N1CCNCC1. The number of rotatable bonds is 4. The van der Waals surface area contributed by atoms with Crippen molar-refractivity contribution in [2.45, 2.75) is 50.6 Å². The van der Waals surface area contributed by atoms with Crippen molar-refractivity contribution < 1.29 is 0 Å². The lowest BCUT2D eigenvalue weighted by atomic mass is 9.90. The van der Waals surface area contributed by atoms with Crippen LogP contribution in [0.5, 0.6) is 0 Å². The first-order valence-corrected chi connectivity index (χ1v) is 14.3. The van der Waals surface area contributed by atoms with Gasteiger partial charge >= 0.3 is 0 Å². The molecule has 0 spiro atoms. The molecule has 4 unspecified atom stereocenters. The van der Waals surface area contributed by atoms with Gasteiger partial charge in [0.25, 0.3) is 0 Å². The molecule has 1 saturated carbocycles. The molecule has 4 rings (SSSR count). The van der Waals surface area contributed by atoms with Crippen molar-refractivity contribution in [3.63, 3.8) is 0 Å². The average molecular weight is 387 g/mol. The van der Waals surface area contributed by atoms with E-state index in [1.165, 1.54) is 44.6 Å². The number of hydrogen-bond donors (Lipinski definition) is 1. The van der Waals surface area contributed by atoms with Crippen molar-refractivity contribution in [1.82, 2.24) is 9.88 Å². The normalized spacial score (nSPS) is 32.9. The van der Waals surface area contributed by atoms with E-state index in [4.69, 9.17) is 0 Å². The summed E-state index contributed by atoms with van der Waals surface area (Å²) in [6, 6.07) is 11.2. The number of allylic oxidation sites excluding steroid dienone is 2. The second kappa shape index (κ2) is 7.46. The first-order valence-electron chi connectivity index (χ1n) is 10.4. The highest BCUT2D eigenvalue weighted by atomic mass is 32.2. The molecule has 142 valence electrons. The van der Waals surface area contributed by atoms with E-state index in [0.29, 0.717) is 0 Å². The zero-order chi connectivity index (χ0) is 18.3. The van der Waals surface area contributed by atoms with Crippen molar-refractivity contribution in [2.75, 3.05) is 26.2 Å². The molecule has 0 bridgehead atoms. The minimum Gasteiger partial charge on any atom is -0.321 e. The van der Waals surface area contributed by atoms with Crippen LogP contribution in [0, 0.1) is 11.8 Å². The number of hydrogen-bond acceptors (Lipinski definition) is 3. The topological polar surface area (TPSA) is 15.3 Å². The van der Waals surface area contributed by atoms with E-state index in [9.17, 15) is 0 Å². The molecule has 0 aromatic heterocycles. The Morgan fingerprint density at radius 3 is 2.50 bits per heavy atom. The predicted octanol–water partition coefficient (Wildman–Crippen LogP) is 5.06. The zero-order valence-electron chi connectivity index (χ0n) is 16.8. The molecule has 2 nitrogen and oxygen atoms in total. The number of piperazine rings is 1. The Morgan fingerprint density at radius 1 is 1.15 bits per heavy atom. The van der Waals surface area contributed by atoms with E-state index in [1.54, 1.807) is 10.5 Å². The maximum absolute atomic E-state index is 3.55. The standard InChI is InChI=1S/C22H34N2SSi/c1-5-17-15-19-20(18-9-7-6-8-10-18)16(2)25-21(19)22(17)26(3,4)24-13-11-23-12-14-24/h6-10,17,19,21-23H,5,11-15H2,1-4H3. The molecule has 4 atom stereocenters. The summed E-state index contributed by atoms with van der Waals surface area (Å²) in [5, 5.41) is 4.36. The van der Waals surface area contributed by atoms with Gasteiger partial charge in [-0.3, -0.25) is 0 Å². The Morgan fingerprint density at radius 2 is 1.85 bits per heavy atom. The number of thioether (sulfide) groups is 1. The van der Waals surface area contributed by atoms with Gasteiger partial charge in [0.05, 0.1) is 0 Å². The van der Waals surface area contributed by atoms with E-state index in [0.717, 1.165) is 22.6 Å². The van der Waals surface area contributed by atoms with E-state index < -0.39 is 8.24 Å². The molecule has 1 aromatic carbocycles. The minimum atomic E-state index is -1.45. The van der Waals surface area contributed by atoms with Crippen LogP contribution in [-0.2, 0) is 0 Å². The molecule has 3 aliphatic rings. The Bertz CT molecular complexity index is 666. The predicted molar refractivity (Wildman–Crippen MR) is 118 cm³/mol. The molecule has 1 N–H and O–H groups in total. The van der Waals surface area contributed by atoms with Crippen LogP contribution in [0.1, 0.15) is 32.3 Å². The summed E-state index contributed by atoms with van der Waals surface area (Å²) in [6.45, 7) is 15.0. The second-order valence-electron chi connectivity index (χ2n) is 8.85. The third kappa shape index (κ3) is 3.13. The van der Waals surface area contributed by atoms with Gasteiger partial charge in [0, 0.05) is 31.4 Å². The van der Waals surface area contributed by atoms with Crippen molar-refractivity contribution >= 4 is 25.6 Å². The summed E-state index contributed by atoms with van der Waals surface area (Å²) in [4.78, 5) is 1.59. The van der Waals surface area contributed by atoms with Crippen molar-refractivity contribution in [3.05, 3.63) is 40.8 Å². The lowest BCUT2D eigenvalue weighted by Crippen LogP contribution is -2.60. The fourth-order valence-corrected chi connectivity index (χ4v) is 13.1. The Hall–Kier alpha value is -0.553. The molecular formula is C22H34N2SSi. The third-order valence-electron chi connectivity index (χ3n) is 7.23. The minimum absolute atomic E-state index is 0.770. The smallest absolute Gasteiger partial charge is 0.126 e. The molecule has 26 heavy (non-hydrogen) atoms. The van der Waals surface area contributed by atoms with E-state index in [2.05, 4.69) is 78.9 Å². The van der Waals surface area contributed by atoms with Gasteiger partial charge in [-0.1, -0.05) is 56.8 Å². The maximum Gasteiger partial charge on any atom is 0.126 e. The van der Waals surface area contributed by atoms with Gasteiger partial charge in [-0.05, 0) is 46.8 Å². The van der Waals surface area contributed by atoms with Crippen LogP contribution >= 0.6 is 11.8 Å². The molecule has 4 heteroatoms. The van der Waals surface area contributed by atoms with Crippen LogP contribution in [0.2, 0.25) is 18.6 Å². The van der Waals surface area contributed by atoms with Crippen LogP contribution in [0.15, 0.2) is 35.2 Å². The number of fused-ring (bicyclic) bond motifs is 1. The second-order valence-corrected chi connectivity index (χ2v) is 14.8. The highest BCUT2D eigenvalue weighted by molar-refractivity contribution is 8.04. The quantitative estimate of drug-likeness (QED) is 0.728. The van der Waals surface area contributed by atoms with Crippen LogP contribution in [-0.4, -0.2) is 44.2 Å². The molecule has 0 radical (unpaired) electrons. The summed E-state index contributed by atoms with van der Waals surface area (Å²) in [7, 11) is -1.45. The van der Waals surface area contributed by atoms with E-state index in [1.807, 2.05) is 0 Å². The molecule has 2 fully saturated rings. The van der Waals surface area contributed by atoms with Crippen LogP contribution in [0.4, 0.5) is 0 Å². The Labute approximate surface area is 164 Å². The monoisotopic (exact) mass is 386 g/mol. The van der Waals surface area contributed by atoms with Crippen LogP contribution in [0.25, 0.3) is 5.57 Å². The van der Waals surface area contributed by atoms with Crippen molar-refractivity contribution in [2.24, 2.45) is 11.8 Å². The molecule has 1 saturated heterocycles. The summed E-state index contributed by atoms with van der Waals surface area (Å²) in [5.41, 5.74) is 4.06. The molecule has 2 aliphatic heterocycles. The van der Waals surface area contributed by atoms with Gasteiger partial charge in [0.15, 0.2) is 0 Å². The van der Waals surface area contributed by atoms with E-state index in [-0.39, 0.29) is 0 Å². The van der Waals surface area contributed by atoms with Crippen LogP contribution in [0.3, 0.4) is 0 Å². The van der Waals surface area contributed by atoms with Gasteiger partial charge in [-0.15, -0.1) is 11.8 Å². The highest BCUT2D eigenvalue weighted by Gasteiger charge is 2.55. The Balaban J connectivity index is 1.64. The summed E-state index contributed by atoms with van der Waals surface area (Å²) < 4.78 is 2.91. The lowest BCUT2D eigenvalue weighted by Gasteiger charge is -2.47. The molecule has 1 aliphatic carbocycles. The first kappa shape index (κ1) is 18.8. The first-order chi connectivity index (χ1) is 12.5. The number of nitrogens with zero attached hydrogens (tertiary/aromatic N) is 1. The summed E-state index contributed by atoms with van der Waals surface area (Å²) in [6.07, 6.45) is 2.75. The van der Waals surface area contributed by atoms with Gasteiger partial charge < -0.3 is 9.88 Å². The largest absolute Gasteiger partial charge is 0.321 e.